The molecule has 0 aliphatic heterocycles. The van der Waals surface area contributed by atoms with Gasteiger partial charge in [-0.1, -0.05) is 35.4 Å². The average molecular weight is 285 g/mol. The van der Waals surface area contributed by atoms with Crippen LogP contribution in [0, 0.1) is 20.8 Å². The summed E-state index contributed by atoms with van der Waals surface area (Å²) >= 11 is 0. The van der Waals surface area contributed by atoms with Crippen molar-refractivity contribution in [1.29, 1.82) is 0 Å². The number of anilines is 1. The Balaban J connectivity index is 1.79. The van der Waals surface area contributed by atoms with Gasteiger partial charge in [-0.15, -0.1) is 0 Å². The van der Waals surface area contributed by atoms with Crippen LogP contribution in [0.15, 0.2) is 42.5 Å². The lowest BCUT2D eigenvalue weighted by atomic mass is 10.1. The van der Waals surface area contributed by atoms with Gasteiger partial charge in [0.1, 0.15) is 18.5 Å². The van der Waals surface area contributed by atoms with Gasteiger partial charge in [0.2, 0.25) is 0 Å². The van der Waals surface area contributed by atoms with Crippen LogP contribution in [-0.4, -0.2) is 24.4 Å². The van der Waals surface area contributed by atoms with Gasteiger partial charge >= 0.3 is 0 Å². The molecule has 2 rings (SSSR count). The van der Waals surface area contributed by atoms with Crippen LogP contribution in [0.25, 0.3) is 0 Å². The van der Waals surface area contributed by atoms with Crippen LogP contribution in [0.1, 0.15) is 16.7 Å². The summed E-state index contributed by atoms with van der Waals surface area (Å²) in [6.45, 7) is 6.91. The number of aryl methyl sites for hydroxylation is 3. The molecule has 0 heterocycles. The molecule has 21 heavy (non-hydrogen) atoms. The SMILES string of the molecule is Cc1ccc(OCC(O)CNc2ccc(C)cc2C)cc1. The molecule has 2 aromatic rings. The molecule has 3 nitrogen and oxygen atoms in total. The number of hydrogen-bond donors (Lipinski definition) is 2. The fourth-order valence-electron chi connectivity index (χ4n) is 2.13. The average Bonchev–Trinajstić information content (AvgIpc) is 2.46. The number of benzene rings is 2. The molecular formula is C18H23NO2. The van der Waals surface area contributed by atoms with E-state index in [0.29, 0.717) is 6.54 Å². The van der Waals surface area contributed by atoms with E-state index in [4.69, 9.17) is 4.74 Å². The molecule has 1 unspecified atom stereocenters. The highest BCUT2D eigenvalue weighted by Gasteiger charge is 2.06. The fraction of sp³-hybridized carbons (Fsp3) is 0.333. The molecular weight excluding hydrogens is 262 g/mol. The molecule has 0 bridgehead atoms. The van der Waals surface area contributed by atoms with Crippen molar-refractivity contribution in [2.24, 2.45) is 0 Å². The van der Waals surface area contributed by atoms with Gasteiger partial charge in [0.05, 0.1) is 0 Å². The van der Waals surface area contributed by atoms with Gasteiger partial charge in [0.15, 0.2) is 0 Å². The van der Waals surface area contributed by atoms with Crippen LogP contribution < -0.4 is 10.1 Å². The minimum absolute atomic E-state index is 0.279. The molecule has 1 atom stereocenters. The normalized spacial score (nSPS) is 12.0. The van der Waals surface area contributed by atoms with Crippen molar-refractivity contribution in [2.75, 3.05) is 18.5 Å². The Morgan fingerprint density at radius 3 is 2.33 bits per heavy atom. The summed E-state index contributed by atoms with van der Waals surface area (Å²) in [4.78, 5) is 0. The number of nitrogens with one attached hydrogen (secondary N) is 1. The monoisotopic (exact) mass is 285 g/mol. The van der Waals surface area contributed by atoms with Crippen LogP contribution in [0.2, 0.25) is 0 Å². The molecule has 112 valence electrons. The highest BCUT2D eigenvalue weighted by Crippen LogP contribution is 2.16. The first-order valence-corrected chi connectivity index (χ1v) is 7.23. The summed E-state index contributed by atoms with van der Waals surface area (Å²) in [6.07, 6.45) is -0.549. The smallest absolute Gasteiger partial charge is 0.119 e. The predicted octanol–water partition coefficient (Wildman–Crippen LogP) is 3.46. The van der Waals surface area contributed by atoms with E-state index >= 15 is 0 Å². The quantitative estimate of drug-likeness (QED) is 0.854. The fourth-order valence-corrected chi connectivity index (χ4v) is 2.13. The zero-order chi connectivity index (χ0) is 15.2. The summed E-state index contributed by atoms with van der Waals surface area (Å²) in [5, 5.41) is 13.2. The largest absolute Gasteiger partial charge is 0.491 e. The van der Waals surface area contributed by atoms with E-state index in [-0.39, 0.29) is 6.61 Å². The lowest BCUT2D eigenvalue weighted by Gasteiger charge is -2.15. The summed E-state index contributed by atoms with van der Waals surface area (Å²) in [7, 11) is 0. The zero-order valence-corrected chi connectivity index (χ0v) is 12.9. The van der Waals surface area contributed by atoms with E-state index in [1.54, 1.807) is 0 Å². The first-order valence-electron chi connectivity index (χ1n) is 7.23. The minimum Gasteiger partial charge on any atom is -0.491 e. The van der Waals surface area contributed by atoms with E-state index in [9.17, 15) is 5.11 Å². The lowest BCUT2D eigenvalue weighted by molar-refractivity contribution is 0.117. The van der Waals surface area contributed by atoms with Crippen molar-refractivity contribution in [1.82, 2.24) is 0 Å². The van der Waals surface area contributed by atoms with Crippen molar-refractivity contribution in [3.05, 3.63) is 59.2 Å². The zero-order valence-electron chi connectivity index (χ0n) is 12.9. The van der Waals surface area contributed by atoms with E-state index in [2.05, 4.69) is 31.3 Å². The first kappa shape index (κ1) is 15.4. The van der Waals surface area contributed by atoms with Crippen LogP contribution in [0.5, 0.6) is 5.75 Å². The molecule has 0 aromatic heterocycles. The molecule has 0 saturated heterocycles. The number of rotatable bonds is 6. The van der Waals surface area contributed by atoms with Crippen LogP contribution >= 0.6 is 0 Å². The van der Waals surface area contributed by atoms with Crippen molar-refractivity contribution < 1.29 is 9.84 Å². The Bertz CT molecular complexity index is 578. The third kappa shape index (κ3) is 4.80. The molecule has 0 aliphatic rings. The Kier molecular flexibility index (Phi) is 5.23. The summed E-state index contributed by atoms with van der Waals surface area (Å²) in [6, 6.07) is 14.0. The van der Waals surface area contributed by atoms with Crippen LogP contribution in [-0.2, 0) is 0 Å². The third-order valence-corrected chi connectivity index (χ3v) is 3.37. The van der Waals surface area contributed by atoms with Crippen molar-refractivity contribution in [2.45, 2.75) is 26.9 Å². The lowest BCUT2D eigenvalue weighted by Crippen LogP contribution is -2.26. The van der Waals surface area contributed by atoms with Gasteiger partial charge in [-0.3, -0.25) is 0 Å². The summed E-state index contributed by atoms with van der Waals surface area (Å²) in [5.41, 5.74) is 4.66. The molecule has 3 heteroatoms. The molecule has 0 amide bonds. The van der Waals surface area contributed by atoms with Crippen LogP contribution in [0.3, 0.4) is 0 Å². The summed E-state index contributed by atoms with van der Waals surface area (Å²) < 4.78 is 5.57. The van der Waals surface area contributed by atoms with Gasteiger partial charge in [-0.2, -0.15) is 0 Å². The molecule has 0 spiro atoms. The van der Waals surface area contributed by atoms with Gasteiger partial charge in [-0.05, 0) is 44.5 Å². The van der Waals surface area contributed by atoms with E-state index in [1.165, 1.54) is 16.7 Å². The van der Waals surface area contributed by atoms with Crippen LogP contribution in [0.4, 0.5) is 5.69 Å². The van der Waals surface area contributed by atoms with Gasteiger partial charge < -0.3 is 15.2 Å². The maximum atomic E-state index is 9.98. The second kappa shape index (κ2) is 7.14. The molecule has 0 saturated carbocycles. The Labute approximate surface area is 126 Å². The second-order valence-corrected chi connectivity index (χ2v) is 5.48. The van der Waals surface area contributed by atoms with Crippen molar-refractivity contribution in [3.8, 4) is 5.75 Å². The van der Waals surface area contributed by atoms with Crippen molar-refractivity contribution in [3.63, 3.8) is 0 Å². The topological polar surface area (TPSA) is 41.5 Å². The highest BCUT2D eigenvalue weighted by molar-refractivity contribution is 5.51. The van der Waals surface area contributed by atoms with Gasteiger partial charge in [-0.25, -0.2) is 0 Å². The molecule has 2 N–H and O–H groups in total. The first-order chi connectivity index (χ1) is 10.0. The number of hydrogen-bond acceptors (Lipinski definition) is 3. The second-order valence-electron chi connectivity index (χ2n) is 5.48. The highest BCUT2D eigenvalue weighted by atomic mass is 16.5. The maximum Gasteiger partial charge on any atom is 0.119 e. The standard InChI is InChI=1S/C18H23NO2/c1-13-4-7-17(8-5-13)21-12-16(20)11-19-18-9-6-14(2)10-15(18)3/h4-10,16,19-20H,11-12H2,1-3H3. The molecule has 0 radical (unpaired) electrons. The Hall–Kier alpha value is -2.00. The van der Waals surface area contributed by atoms with E-state index in [1.807, 2.05) is 37.3 Å². The van der Waals surface area contributed by atoms with Crippen molar-refractivity contribution >= 4 is 5.69 Å². The van der Waals surface area contributed by atoms with Gasteiger partial charge in [0, 0.05) is 12.2 Å². The minimum atomic E-state index is -0.549. The molecule has 0 fully saturated rings. The maximum absolute atomic E-state index is 9.98. The summed E-state index contributed by atoms with van der Waals surface area (Å²) in [5.74, 6) is 0.783. The third-order valence-electron chi connectivity index (χ3n) is 3.37. The molecule has 2 aromatic carbocycles. The predicted molar refractivity (Wildman–Crippen MR) is 87.1 cm³/mol. The number of aliphatic hydroxyl groups excluding tert-OH is 1. The Morgan fingerprint density at radius 1 is 1.00 bits per heavy atom. The number of aliphatic hydroxyl groups is 1. The van der Waals surface area contributed by atoms with E-state index in [0.717, 1.165) is 11.4 Å². The van der Waals surface area contributed by atoms with E-state index < -0.39 is 6.10 Å². The number of ether oxygens (including phenoxy) is 1. The Morgan fingerprint density at radius 2 is 1.67 bits per heavy atom. The molecule has 0 aliphatic carbocycles. The van der Waals surface area contributed by atoms with Gasteiger partial charge in [0.25, 0.3) is 0 Å².